The van der Waals surface area contributed by atoms with Gasteiger partial charge in [0.2, 0.25) is 0 Å². The molecular weight excluding hydrogens is 223 g/mol. The molecule has 0 aromatic heterocycles. The van der Waals surface area contributed by atoms with Crippen LogP contribution in [-0.2, 0) is 10.3 Å². The van der Waals surface area contributed by atoms with Gasteiger partial charge in [0.1, 0.15) is 19.5 Å². The zero-order valence-electron chi connectivity index (χ0n) is 10.0. The van der Waals surface area contributed by atoms with Gasteiger partial charge in [-0.3, -0.25) is 4.79 Å². The van der Waals surface area contributed by atoms with Crippen molar-refractivity contribution in [2.45, 2.75) is 24.8 Å². The zero-order chi connectivity index (χ0) is 13.0. The van der Waals surface area contributed by atoms with Crippen LogP contribution in [0.25, 0.3) is 0 Å². The molecule has 2 radical (unpaired) electrons. The topological polar surface area (TPSA) is 52.9 Å². The summed E-state index contributed by atoms with van der Waals surface area (Å²) in [6.45, 7) is 0. The smallest absolute Gasteiger partial charge is 0.261 e. The molecule has 0 bridgehead atoms. The molecule has 2 rings (SSSR count). The van der Waals surface area contributed by atoms with Gasteiger partial charge in [0.15, 0.2) is 0 Å². The van der Waals surface area contributed by atoms with E-state index in [-0.39, 0.29) is 11.1 Å². The van der Waals surface area contributed by atoms with Crippen LogP contribution >= 0.6 is 0 Å². The van der Waals surface area contributed by atoms with Crippen molar-refractivity contribution >= 4 is 13.8 Å². The number of amides is 1. The first-order chi connectivity index (χ1) is 8.72. The number of carbonyl (C=O) groups excluding carboxylic acids is 1. The summed E-state index contributed by atoms with van der Waals surface area (Å²) in [5.74, 6) is 0.649. The lowest BCUT2D eigenvalue weighted by molar-refractivity contribution is -0.120. The average Bonchev–Trinajstić information content (AvgIpc) is 2.36. The molecule has 0 spiro atoms. The van der Waals surface area contributed by atoms with Crippen molar-refractivity contribution in [2.24, 2.45) is 0 Å². The highest BCUT2D eigenvalue weighted by Gasteiger charge is 2.40. The Balaban J connectivity index is 2.21. The number of nitriles is 1. The first kappa shape index (κ1) is 12.4. The van der Waals surface area contributed by atoms with E-state index >= 15 is 0 Å². The summed E-state index contributed by atoms with van der Waals surface area (Å²) >= 11 is 0. The van der Waals surface area contributed by atoms with Gasteiger partial charge in [0.25, 0.3) is 5.91 Å². The van der Waals surface area contributed by atoms with Crippen molar-refractivity contribution in [3.63, 3.8) is 0 Å². The van der Waals surface area contributed by atoms with Crippen LogP contribution in [0, 0.1) is 11.3 Å². The average molecular weight is 236 g/mol. The van der Waals surface area contributed by atoms with Gasteiger partial charge in [-0.05, 0) is 24.8 Å². The summed E-state index contributed by atoms with van der Waals surface area (Å²) in [6.07, 6.45) is 2.86. The fourth-order valence-electron chi connectivity index (χ4n) is 2.22. The minimum Gasteiger partial charge on any atom is -0.342 e. The van der Waals surface area contributed by atoms with Crippen molar-refractivity contribution in [2.75, 3.05) is 0 Å². The van der Waals surface area contributed by atoms with Gasteiger partial charge in [0, 0.05) is 0 Å². The van der Waals surface area contributed by atoms with Crippen LogP contribution in [0.5, 0.6) is 0 Å². The normalized spacial score (nSPS) is 17.4. The molecule has 1 aromatic rings. The van der Waals surface area contributed by atoms with Crippen molar-refractivity contribution < 1.29 is 4.79 Å². The predicted octanol–water partition coefficient (Wildman–Crippen LogP) is 1.76. The van der Waals surface area contributed by atoms with Gasteiger partial charge < -0.3 is 5.32 Å². The van der Waals surface area contributed by atoms with Crippen LogP contribution in [0.3, 0.4) is 0 Å². The van der Waals surface area contributed by atoms with Gasteiger partial charge in [-0.2, -0.15) is 5.26 Å². The number of nitrogens with one attached hydrogen (secondary N) is 1. The molecule has 88 valence electrons. The number of carbonyl (C=O) groups is 1. The Bertz CT molecular complexity index is 512. The number of hydrogen-bond acceptors (Lipinski definition) is 2. The van der Waals surface area contributed by atoms with E-state index in [0.29, 0.717) is 0 Å². The van der Waals surface area contributed by atoms with E-state index in [9.17, 15) is 4.79 Å². The van der Waals surface area contributed by atoms with Crippen LogP contribution in [0.15, 0.2) is 41.9 Å². The second kappa shape index (κ2) is 5.09. The van der Waals surface area contributed by atoms with Gasteiger partial charge in [0.05, 0.1) is 5.54 Å². The van der Waals surface area contributed by atoms with E-state index in [1.165, 1.54) is 0 Å². The molecule has 4 heteroatoms. The van der Waals surface area contributed by atoms with E-state index in [2.05, 4.69) is 5.32 Å². The lowest BCUT2D eigenvalue weighted by atomic mass is 9.71. The largest absolute Gasteiger partial charge is 0.342 e. The summed E-state index contributed by atoms with van der Waals surface area (Å²) in [4.78, 5) is 11.9. The first-order valence-electron chi connectivity index (χ1n) is 5.92. The van der Waals surface area contributed by atoms with Crippen molar-refractivity contribution in [1.82, 2.24) is 5.32 Å². The zero-order valence-corrected chi connectivity index (χ0v) is 10.0. The Morgan fingerprint density at radius 1 is 1.39 bits per heavy atom. The van der Waals surface area contributed by atoms with Crippen LogP contribution in [-0.4, -0.2) is 13.8 Å². The highest BCUT2D eigenvalue weighted by molar-refractivity contribution is 6.21. The molecule has 0 saturated heterocycles. The highest BCUT2D eigenvalue weighted by Crippen LogP contribution is 2.41. The van der Waals surface area contributed by atoms with Crippen LogP contribution in [0.1, 0.15) is 24.8 Å². The number of nitrogens with zero attached hydrogens (tertiary/aromatic N) is 1. The summed E-state index contributed by atoms with van der Waals surface area (Å²) < 4.78 is 0. The van der Waals surface area contributed by atoms with Gasteiger partial charge in [-0.25, -0.2) is 0 Å². The van der Waals surface area contributed by atoms with E-state index < -0.39 is 5.91 Å². The second-order valence-corrected chi connectivity index (χ2v) is 4.45. The van der Waals surface area contributed by atoms with Crippen molar-refractivity contribution in [1.29, 1.82) is 5.26 Å². The molecule has 0 unspecified atom stereocenters. The first-order valence-corrected chi connectivity index (χ1v) is 5.92. The van der Waals surface area contributed by atoms with E-state index in [0.717, 1.165) is 30.8 Å². The number of benzene rings is 1. The molecule has 1 aliphatic rings. The lowest BCUT2D eigenvalue weighted by Crippen LogP contribution is -2.51. The second-order valence-electron chi connectivity index (χ2n) is 4.45. The Morgan fingerprint density at radius 3 is 2.50 bits per heavy atom. The fraction of sp³-hybridized carbons (Fsp3) is 0.286. The molecule has 0 aliphatic heterocycles. The van der Waals surface area contributed by atoms with E-state index in [4.69, 9.17) is 13.1 Å². The molecule has 18 heavy (non-hydrogen) atoms. The molecule has 1 aromatic carbocycles. The molecular formula is C14H13BN2O. The highest BCUT2D eigenvalue weighted by atomic mass is 16.1. The maximum absolute atomic E-state index is 11.9. The molecule has 1 aliphatic carbocycles. The third kappa shape index (κ3) is 2.17. The van der Waals surface area contributed by atoms with E-state index in [1.54, 1.807) is 6.07 Å². The van der Waals surface area contributed by atoms with E-state index in [1.807, 2.05) is 30.3 Å². The molecule has 1 N–H and O–H groups in total. The van der Waals surface area contributed by atoms with Gasteiger partial charge >= 0.3 is 0 Å². The Kier molecular flexibility index (Phi) is 3.52. The maximum atomic E-state index is 11.9. The standard InChI is InChI=1S/C14H13BN2O/c15-9-11(10-16)13(18)17-14(7-4-8-14)12-5-2-1-3-6-12/h1-3,5-6,9H,4,7-8H2,(H,17,18)/b11-9+. The maximum Gasteiger partial charge on any atom is 0.261 e. The summed E-state index contributed by atoms with van der Waals surface area (Å²) in [5, 5.41) is 11.7. The molecule has 1 fully saturated rings. The van der Waals surface area contributed by atoms with Crippen molar-refractivity contribution in [3.8, 4) is 6.07 Å². The monoisotopic (exact) mass is 236 g/mol. The lowest BCUT2D eigenvalue weighted by Gasteiger charge is -2.43. The molecule has 3 nitrogen and oxygen atoms in total. The summed E-state index contributed by atoms with van der Waals surface area (Å²) in [5.41, 5.74) is 0.708. The minimum atomic E-state index is -0.399. The third-order valence-electron chi connectivity index (χ3n) is 3.42. The van der Waals surface area contributed by atoms with Crippen molar-refractivity contribution in [3.05, 3.63) is 47.4 Å². The van der Waals surface area contributed by atoms with Gasteiger partial charge in [-0.1, -0.05) is 30.3 Å². The third-order valence-corrected chi connectivity index (χ3v) is 3.42. The predicted molar refractivity (Wildman–Crippen MR) is 69.6 cm³/mol. The minimum absolute atomic E-state index is 0.0443. The number of hydrogen-bond donors (Lipinski definition) is 1. The Labute approximate surface area is 108 Å². The summed E-state index contributed by atoms with van der Waals surface area (Å²) in [7, 11) is 5.26. The Hall–Kier alpha value is -2.02. The SMILES string of the molecule is [B]/C=C(\C#N)C(=O)NC1(c2ccccc2)CCC1. The Morgan fingerprint density at radius 2 is 2.06 bits per heavy atom. The molecule has 1 saturated carbocycles. The quantitative estimate of drug-likeness (QED) is 0.493. The fourth-order valence-corrected chi connectivity index (χ4v) is 2.22. The molecule has 0 heterocycles. The molecule has 0 atom stereocenters. The molecule has 1 amide bonds. The van der Waals surface area contributed by atoms with Gasteiger partial charge in [-0.15, -0.1) is 5.98 Å². The number of rotatable bonds is 3. The summed E-state index contributed by atoms with van der Waals surface area (Å²) in [6, 6.07) is 11.6. The van der Waals surface area contributed by atoms with Crippen LogP contribution in [0.2, 0.25) is 0 Å². The van der Waals surface area contributed by atoms with Crippen LogP contribution < -0.4 is 5.32 Å². The van der Waals surface area contributed by atoms with Crippen LogP contribution in [0.4, 0.5) is 0 Å².